The molecule has 2 aromatic heterocycles. The van der Waals surface area contributed by atoms with Crippen molar-refractivity contribution in [1.29, 1.82) is 0 Å². The summed E-state index contributed by atoms with van der Waals surface area (Å²) in [6, 6.07) is 18.3. The summed E-state index contributed by atoms with van der Waals surface area (Å²) in [4.78, 5) is 7.88. The third kappa shape index (κ3) is 3.15. The van der Waals surface area contributed by atoms with Gasteiger partial charge in [-0.1, -0.05) is 29.8 Å². The van der Waals surface area contributed by atoms with Gasteiger partial charge in [-0.15, -0.1) is 11.3 Å². The second-order valence-corrected chi connectivity index (χ2v) is 8.11. The van der Waals surface area contributed by atoms with Gasteiger partial charge in [0, 0.05) is 16.8 Å². The highest BCUT2D eigenvalue weighted by Crippen LogP contribution is 2.44. The summed E-state index contributed by atoms with van der Waals surface area (Å²) in [7, 11) is 0. The lowest BCUT2D eigenvalue weighted by molar-refractivity contribution is 0.575. The number of nitrogens with zero attached hydrogens (tertiary/aromatic N) is 2. The van der Waals surface area contributed by atoms with Crippen LogP contribution in [0.25, 0.3) is 0 Å². The zero-order valence-electron chi connectivity index (χ0n) is 13.5. The molecule has 126 valence electrons. The molecule has 3 nitrogen and oxygen atoms in total. The lowest BCUT2D eigenvalue weighted by Gasteiger charge is -2.27. The van der Waals surface area contributed by atoms with Gasteiger partial charge >= 0.3 is 0 Å². The van der Waals surface area contributed by atoms with Crippen LogP contribution in [0.2, 0.25) is 4.34 Å². The van der Waals surface area contributed by atoms with E-state index in [4.69, 9.17) is 23.8 Å². The van der Waals surface area contributed by atoms with E-state index in [1.807, 2.05) is 30.5 Å². The molecular formula is C19H16ClN3S2. The van der Waals surface area contributed by atoms with Crippen LogP contribution in [0.4, 0.5) is 5.69 Å². The average molecular weight is 386 g/mol. The third-order valence-electron chi connectivity index (χ3n) is 4.26. The van der Waals surface area contributed by atoms with E-state index in [0.29, 0.717) is 5.11 Å². The minimum atomic E-state index is -0.0241. The molecular weight excluding hydrogens is 370 g/mol. The Kier molecular flexibility index (Phi) is 4.46. The number of aromatic nitrogens is 1. The second-order valence-electron chi connectivity index (χ2n) is 5.98. The van der Waals surface area contributed by atoms with Crippen LogP contribution >= 0.6 is 35.2 Å². The lowest BCUT2D eigenvalue weighted by atomic mass is 10.0. The van der Waals surface area contributed by atoms with Gasteiger partial charge in [0.25, 0.3) is 0 Å². The molecule has 6 heteroatoms. The fraction of sp³-hybridized carbons (Fsp3) is 0.158. The van der Waals surface area contributed by atoms with E-state index >= 15 is 0 Å². The normalized spacial score (nSPS) is 19.9. The molecule has 3 heterocycles. The fourth-order valence-electron chi connectivity index (χ4n) is 3.19. The topological polar surface area (TPSA) is 28.2 Å². The van der Waals surface area contributed by atoms with Gasteiger partial charge in [-0.25, -0.2) is 0 Å². The largest absolute Gasteiger partial charge is 0.351 e. The number of rotatable bonds is 3. The number of hydrogen-bond acceptors (Lipinski definition) is 3. The summed E-state index contributed by atoms with van der Waals surface area (Å²) in [6.45, 7) is 2.09. The van der Waals surface area contributed by atoms with Gasteiger partial charge in [0.15, 0.2) is 5.11 Å². The zero-order valence-corrected chi connectivity index (χ0v) is 15.9. The van der Waals surface area contributed by atoms with Crippen molar-refractivity contribution in [2.75, 3.05) is 4.90 Å². The summed E-state index contributed by atoms with van der Waals surface area (Å²) in [5.41, 5.74) is 3.24. The number of thiophene rings is 1. The Morgan fingerprint density at radius 3 is 2.72 bits per heavy atom. The molecule has 0 spiro atoms. The van der Waals surface area contributed by atoms with Crippen LogP contribution in [0.15, 0.2) is 60.8 Å². The first-order chi connectivity index (χ1) is 12.1. The molecule has 0 unspecified atom stereocenters. The summed E-state index contributed by atoms with van der Waals surface area (Å²) < 4.78 is 0.775. The summed E-state index contributed by atoms with van der Waals surface area (Å²) in [6.07, 6.45) is 1.81. The van der Waals surface area contributed by atoms with Gasteiger partial charge in [0.05, 0.1) is 22.1 Å². The van der Waals surface area contributed by atoms with Crippen LogP contribution in [0.1, 0.15) is 28.2 Å². The predicted octanol–water partition coefficient (Wildman–Crippen LogP) is 5.28. The third-order valence-corrected chi connectivity index (χ3v) is 5.88. The van der Waals surface area contributed by atoms with E-state index in [-0.39, 0.29) is 12.1 Å². The molecule has 0 radical (unpaired) electrons. The van der Waals surface area contributed by atoms with Crippen molar-refractivity contribution in [2.24, 2.45) is 0 Å². The quantitative estimate of drug-likeness (QED) is 0.620. The number of halogens is 1. The molecule has 1 aromatic carbocycles. The molecule has 0 aliphatic carbocycles. The Balaban J connectivity index is 1.83. The van der Waals surface area contributed by atoms with E-state index in [9.17, 15) is 0 Å². The van der Waals surface area contributed by atoms with Gasteiger partial charge in [-0.3, -0.25) is 4.98 Å². The van der Waals surface area contributed by atoms with Crippen LogP contribution in [0.3, 0.4) is 0 Å². The maximum atomic E-state index is 6.22. The number of aryl methyl sites for hydroxylation is 1. The number of benzene rings is 1. The lowest BCUT2D eigenvalue weighted by Crippen LogP contribution is -2.29. The molecule has 1 saturated heterocycles. The monoisotopic (exact) mass is 385 g/mol. The van der Waals surface area contributed by atoms with Crippen LogP contribution in [0.5, 0.6) is 0 Å². The number of hydrogen-bond donors (Lipinski definition) is 1. The fourth-order valence-corrected chi connectivity index (χ4v) is 4.72. The molecule has 0 amide bonds. The molecule has 3 aromatic rings. The first kappa shape index (κ1) is 16.5. The molecule has 1 fully saturated rings. The maximum absolute atomic E-state index is 6.22. The van der Waals surface area contributed by atoms with Gasteiger partial charge < -0.3 is 10.2 Å². The first-order valence-electron chi connectivity index (χ1n) is 7.96. The van der Waals surface area contributed by atoms with Crippen molar-refractivity contribution < 1.29 is 0 Å². The number of nitrogens with one attached hydrogen (secondary N) is 1. The SMILES string of the molecule is Cc1cccc(N2C(=S)N[C@H](c3ccccn3)[C@H]2c2ccc(Cl)s2)c1. The Labute approximate surface area is 161 Å². The molecule has 25 heavy (non-hydrogen) atoms. The minimum absolute atomic E-state index is 0.0155. The smallest absolute Gasteiger partial charge is 0.174 e. The van der Waals surface area contributed by atoms with Crippen molar-refractivity contribution in [3.8, 4) is 0 Å². The van der Waals surface area contributed by atoms with Crippen LogP contribution < -0.4 is 10.2 Å². The van der Waals surface area contributed by atoms with Crippen LogP contribution in [-0.4, -0.2) is 10.1 Å². The molecule has 2 atom stereocenters. The van der Waals surface area contributed by atoms with Crippen molar-refractivity contribution in [2.45, 2.75) is 19.0 Å². The first-order valence-corrected chi connectivity index (χ1v) is 9.56. The van der Waals surface area contributed by atoms with Gasteiger partial charge in [0.1, 0.15) is 0 Å². The van der Waals surface area contributed by atoms with Crippen LogP contribution in [-0.2, 0) is 0 Å². The predicted molar refractivity (Wildman–Crippen MR) is 108 cm³/mol. The molecule has 1 aliphatic heterocycles. The highest BCUT2D eigenvalue weighted by molar-refractivity contribution is 7.80. The second kappa shape index (κ2) is 6.75. The number of pyridine rings is 1. The van der Waals surface area contributed by atoms with E-state index in [1.54, 1.807) is 11.3 Å². The van der Waals surface area contributed by atoms with Crippen LogP contribution in [0, 0.1) is 6.92 Å². The Morgan fingerprint density at radius 1 is 1.16 bits per heavy atom. The number of anilines is 1. The van der Waals surface area contributed by atoms with Crippen molar-refractivity contribution >= 4 is 46.0 Å². The standard InChI is InChI=1S/C19H16ClN3S2/c1-12-5-4-6-13(11-12)23-18(15-8-9-16(20)25-15)17(22-19(23)24)14-7-2-3-10-21-14/h2-11,17-18H,1H3,(H,22,24)/t17-,18-/m1/s1. The van der Waals surface area contributed by atoms with Gasteiger partial charge in [-0.2, -0.15) is 0 Å². The summed E-state index contributed by atoms with van der Waals surface area (Å²) >= 11 is 13.5. The van der Waals surface area contributed by atoms with Crippen molar-refractivity contribution in [3.63, 3.8) is 0 Å². The Hall–Kier alpha value is -1.95. The average Bonchev–Trinajstić information content (AvgIpc) is 3.18. The Morgan fingerprint density at radius 2 is 2.04 bits per heavy atom. The Bertz CT molecular complexity index is 910. The van der Waals surface area contributed by atoms with E-state index < -0.39 is 0 Å². The van der Waals surface area contributed by atoms with Crippen molar-refractivity contribution in [1.82, 2.24) is 10.3 Å². The number of thiocarbonyl (C=S) groups is 1. The van der Waals surface area contributed by atoms with E-state index in [2.05, 4.69) is 52.5 Å². The molecule has 0 bridgehead atoms. The molecule has 0 saturated carbocycles. The molecule has 1 N–H and O–H groups in total. The minimum Gasteiger partial charge on any atom is -0.351 e. The van der Waals surface area contributed by atoms with Crippen molar-refractivity contribution in [3.05, 3.63) is 81.3 Å². The van der Waals surface area contributed by atoms with Gasteiger partial charge in [-0.05, 0) is 61.1 Å². The zero-order chi connectivity index (χ0) is 17.4. The van der Waals surface area contributed by atoms with E-state index in [0.717, 1.165) is 20.6 Å². The highest BCUT2D eigenvalue weighted by atomic mass is 35.5. The summed E-state index contributed by atoms with van der Waals surface area (Å²) in [5, 5.41) is 4.16. The van der Waals surface area contributed by atoms with Gasteiger partial charge in [0.2, 0.25) is 0 Å². The molecule has 4 rings (SSSR count). The molecule has 1 aliphatic rings. The highest BCUT2D eigenvalue weighted by Gasteiger charge is 2.41. The maximum Gasteiger partial charge on any atom is 0.174 e. The summed E-state index contributed by atoms with van der Waals surface area (Å²) in [5.74, 6) is 0. The van der Waals surface area contributed by atoms with E-state index in [1.165, 1.54) is 5.56 Å².